The standard InChI is InChI=1S/C15H22ClNOS/c1-9(2)13-8-12(16)7-11(15(13)18-4)5-10(3)6-14(17)19/h7-10H,5-6H2,1-4H3,(H2,17,19). The summed E-state index contributed by atoms with van der Waals surface area (Å²) in [5.41, 5.74) is 7.87. The van der Waals surface area contributed by atoms with E-state index in [9.17, 15) is 0 Å². The Morgan fingerprint density at radius 1 is 1.37 bits per heavy atom. The molecular weight excluding hydrogens is 278 g/mol. The van der Waals surface area contributed by atoms with Crippen molar-refractivity contribution in [3.8, 4) is 5.75 Å². The fraction of sp³-hybridized carbons (Fsp3) is 0.533. The van der Waals surface area contributed by atoms with Gasteiger partial charge < -0.3 is 10.5 Å². The molecule has 0 bridgehead atoms. The Morgan fingerprint density at radius 2 is 2.00 bits per heavy atom. The monoisotopic (exact) mass is 299 g/mol. The van der Waals surface area contributed by atoms with Crippen molar-refractivity contribution in [1.82, 2.24) is 0 Å². The number of methoxy groups -OCH3 is 1. The third-order valence-corrected chi connectivity index (χ3v) is 3.49. The van der Waals surface area contributed by atoms with Crippen LogP contribution in [0.25, 0.3) is 0 Å². The molecule has 0 radical (unpaired) electrons. The second-order valence-electron chi connectivity index (χ2n) is 5.32. The Bertz CT molecular complexity index is 460. The lowest BCUT2D eigenvalue weighted by Gasteiger charge is -2.19. The molecule has 0 saturated heterocycles. The van der Waals surface area contributed by atoms with Crippen molar-refractivity contribution in [2.75, 3.05) is 7.11 Å². The van der Waals surface area contributed by atoms with E-state index < -0.39 is 0 Å². The minimum Gasteiger partial charge on any atom is -0.496 e. The van der Waals surface area contributed by atoms with Gasteiger partial charge in [0.15, 0.2) is 0 Å². The molecule has 1 rings (SSSR count). The van der Waals surface area contributed by atoms with Crippen molar-refractivity contribution in [1.29, 1.82) is 0 Å². The van der Waals surface area contributed by atoms with Crippen molar-refractivity contribution in [3.63, 3.8) is 0 Å². The maximum Gasteiger partial charge on any atom is 0.125 e. The molecular formula is C15H22ClNOS. The zero-order chi connectivity index (χ0) is 14.6. The van der Waals surface area contributed by atoms with Gasteiger partial charge in [0.2, 0.25) is 0 Å². The van der Waals surface area contributed by atoms with Crippen LogP contribution < -0.4 is 10.5 Å². The first-order chi connectivity index (χ1) is 8.85. The second kappa shape index (κ2) is 7.11. The van der Waals surface area contributed by atoms with Gasteiger partial charge in [-0.05, 0) is 41.5 Å². The third-order valence-electron chi connectivity index (χ3n) is 3.10. The molecule has 0 aliphatic rings. The van der Waals surface area contributed by atoms with E-state index in [0.717, 1.165) is 34.7 Å². The highest BCUT2D eigenvalue weighted by Gasteiger charge is 2.16. The zero-order valence-corrected chi connectivity index (χ0v) is 13.6. The molecule has 1 unspecified atom stereocenters. The van der Waals surface area contributed by atoms with Crippen LogP contribution in [0.1, 0.15) is 44.2 Å². The van der Waals surface area contributed by atoms with Crippen molar-refractivity contribution in [2.45, 2.75) is 39.5 Å². The smallest absolute Gasteiger partial charge is 0.125 e. The fourth-order valence-corrected chi connectivity index (χ4v) is 2.83. The third kappa shape index (κ3) is 4.66. The molecule has 0 aromatic heterocycles. The number of halogens is 1. The molecule has 1 atom stereocenters. The number of hydrogen-bond donors (Lipinski definition) is 1. The average Bonchev–Trinajstić information content (AvgIpc) is 2.26. The predicted octanol–water partition coefficient (Wildman–Crippen LogP) is 4.33. The average molecular weight is 300 g/mol. The molecule has 0 spiro atoms. The summed E-state index contributed by atoms with van der Waals surface area (Å²) in [6.45, 7) is 6.40. The Labute approximate surface area is 126 Å². The highest BCUT2D eigenvalue weighted by Crippen LogP contribution is 2.34. The molecule has 0 aliphatic heterocycles. The Balaban J connectivity index is 3.08. The molecule has 1 aromatic rings. The SMILES string of the molecule is COc1c(CC(C)CC(N)=S)cc(Cl)cc1C(C)C. The van der Waals surface area contributed by atoms with E-state index in [-0.39, 0.29) is 0 Å². The number of benzene rings is 1. The quantitative estimate of drug-likeness (QED) is 0.794. The number of ether oxygens (including phenoxy) is 1. The van der Waals surface area contributed by atoms with Gasteiger partial charge in [0.05, 0.1) is 12.1 Å². The predicted molar refractivity (Wildman–Crippen MR) is 86.4 cm³/mol. The van der Waals surface area contributed by atoms with E-state index in [2.05, 4.69) is 20.8 Å². The summed E-state index contributed by atoms with van der Waals surface area (Å²) in [5.74, 6) is 1.69. The van der Waals surface area contributed by atoms with Gasteiger partial charge >= 0.3 is 0 Å². The van der Waals surface area contributed by atoms with E-state index in [0.29, 0.717) is 16.8 Å². The van der Waals surface area contributed by atoms with Gasteiger partial charge in [0, 0.05) is 11.4 Å². The summed E-state index contributed by atoms with van der Waals surface area (Å²) in [6.07, 6.45) is 1.60. The van der Waals surface area contributed by atoms with Crippen molar-refractivity contribution >= 4 is 28.8 Å². The number of nitrogens with two attached hydrogens (primary N) is 1. The molecule has 19 heavy (non-hydrogen) atoms. The lowest BCUT2D eigenvalue weighted by Crippen LogP contribution is -2.14. The zero-order valence-electron chi connectivity index (χ0n) is 12.0. The Morgan fingerprint density at radius 3 is 2.47 bits per heavy atom. The van der Waals surface area contributed by atoms with Crippen LogP contribution in [-0.4, -0.2) is 12.1 Å². The minimum atomic E-state index is 0.373. The van der Waals surface area contributed by atoms with Gasteiger partial charge in [-0.3, -0.25) is 0 Å². The van der Waals surface area contributed by atoms with E-state index in [1.807, 2.05) is 12.1 Å². The fourth-order valence-electron chi connectivity index (χ4n) is 2.29. The van der Waals surface area contributed by atoms with E-state index in [4.69, 9.17) is 34.3 Å². The second-order valence-corrected chi connectivity index (χ2v) is 6.28. The molecule has 4 heteroatoms. The van der Waals surface area contributed by atoms with Gasteiger partial charge in [0.1, 0.15) is 5.75 Å². The highest BCUT2D eigenvalue weighted by atomic mass is 35.5. The molecule has 0 saturated carbocycles. The first-order valence-corrected chi connectivity index (χ1v) is 7.28. The van der Waals surface area contributed by atoms with E-state index in [1.165, 1.54) is 0 Å². The van der Waals surface area contributed by atoms with Crippen molar-refractivity contribution < 1.29 is 4.74 Å². The first kappa shape index (κ1) is 16.3. The molecule has 2 nitrogen and oxygen atoms in total. The van der Waals surface area contributed by atoms with Crippen LogP contribution in [0.4, 0.5) is 0 Å². The van der Waals surface area contributed by atoms with Gasteiger partial charge in [-0.1, -0.05) is 44.6 Å². The maximum absolute atomic E-state index is 6.21. The van der Waals surface area contributed by atoms with Crippen molar-refractivity contribution in [3.05, 3.63) is 28.3 Å². The number of thiocarbonyl (C=S) groups is 1. The van der Waals surface area contributed by atoms with E-state index in [1.54, 1.807) is 7.11 Å². The van der Waals surface area contributed by atoms with E-state index >= 15 is 0 Å². The van der Waals surface area contributed by atoms with Gasteiger partial charge in [0.25, 0.3) is 0 Å². The van der Waals surface area contributed by atoms with Gasteiger partial charge in [-0.2, -0.15) is 0 Å². The normalized spacial score (nSPS) is 12.5. The molecule has 0 fully saturated rings. The van der Waals surface area contributed by atoms with Crippen LogP contribution in [0.2, 0.25) is 5.02 Å². The van der Waals surface area contributed by atoms with Gasteiger partial charge in [-0.15, -0.1) is 0 Å². The molecule has 1 aromatic carbocycles. The van der Waals surface area contributed by atoms with Crippen LogP contribution in [0.15, 0.2) is 12.1 Å². The number of rotatable bonds is 6. The summed E-state index contributed by atoms with van der Waals surface area (Å²) in [5, 5.41) is 0.752. The summed E-state index contributed by atoms with van der Waals surface area (Å²) in [7, 11) is 1.71. The summed E-state index contributed by atoms with van der Waals surface area (Å²) < 4.78 is 5.58. The molecule has 106 valence electrons. The van der Waals surface area contributed by atoms with Crippen LogP contribution in [-0.2, 0) is 6.42 Å². The lowest BCUT2D eigenvalue weighted by molar-refractivity contribution is 0.399. The highest BCUT2D eigenvalue weighted by molar-refractivity contribution is 7.80. The Kier molecular flexibility index (Phi) is 6.08. The topological polar surface area (TPSA) is 35.2 Å². The van der Waals surface area contributed by atoms with Crippen molar-refractivity contribution in [2.24, 2.45) is 11.7 Å². The largest absolute Gasteiger partial charge is 0.496 e. The Hall–Kier alpha value is -0.800. The van der Waals surface area contributed by atoms with Crippen LogP contribution in [0, 0.1) is 5.92 Å². The summed E-state index contributed by atoms with van der Waals surface area (Å²) >= 11 is 11.2. The van der Waals surface area contributed by atoms with Crippen LogP contribution in [0.3, 0.4) is 0 Å². The lowest BCUT2D eigenvalue weighted by atomic mass is 9.93. The first-order valence-electron chi connectivity index (χ1n) is 6.49. The van der Waals surface area contributed by atoms with Gasteiger partial charge in [-0.25, -0.2) is 0 Å². The molecule has 0 heterocycles. The van der Waals surface area contributed by atoms with Crippen LogP contribution >= 0.6 is 23.8 Å². The summed E-state index contributed by atoms with van der Waals surface area (Å²) in [4.78, 5) is 0.553. The molecule has 0 amide bonds. The molecule has 2 N–H and O–H groups in total. The minimum absolute atomic E-state index is 0.373. The number of hydrogen-bond acceptors (Lipinski definition) is 2. The van der Waals surface area contributed by atoms with Crippen LogP contribution in [0.5, 0.6) is 5.75 Å². The maximum atomic E-state index is 6.21. The summed E-state index contributed by atoms with van der Waals surface area (Å²) in [6, 6.07) is 3.95. The molecule has 0 aliphatic carbocycles.